The molecule has 0 radical (unpaired) electrons. The Hall–Kier alpha value is -3.41. The van der Waals surface area contributed by atoms with Crippen molar-refractivity contribution in [3.63, 3.8) is 0 Å². The van der Waals surface area contributed by atoms with Crippen molar-refractivity contribution >= 4 is 35.6 Å². The maximum absolute atomic E-state index is 13.7. The van der Waals surface area contributed by atoms with Crippen molar-refractivity contribution < 1.29 is 29.0 Å². The second-order valence-corrected chi connectivity index (χ2v) is 8.10. The summed E-state index contributed by atoms with van der Waals surface area (Å²) in [6.07, 6.45) is 0. The number of nitrogens with one attached hydrogen (secondary N) is 1. The van der Waals surface area contributed by atoms with Gasteiger partial charge in [-0.3, -0.25) is 10.0 Å². The summed E-state index contributed by atoms with van der Waals surface area (Å²) in [5, 5.41) is 19.2. The minimum atomic E-state index is -3.53. The molecule has 3 aromatic rings. The molecule has 3 N–H and O–H groups in total. The normalized spacial score (nSPS) is 11.0. The number of hydrogen-bond donors (Lipinski definition) is 3. The number of rotatable bonds is 7. The fourth-order valence-corrected chi connectivity index (χ4v) is 4.46. The van der Waals surface area contributed by atoms with Gasteiger partial charge in [0, 0.05) is 10.6 Å². The lowest BCUT2D eigenvalue weighted by Crippen LogP contribution is -2.20. The van der Waals surface area contributed by atoms with Crippen molar-refractivity contribution in [3.05, 3.63) is 90.0 Å². The molecule has 28 heavy (non-hydrogen) atoms. The zero-order chi connectivity index (χ0) is 20.1. The second-order valence-electron chi connectivity index (χ2n) is 5.79. The Morgan fingerprint density at radius 3 is 1.71 bits per heavy atom. The molecule has 0 heterocycles. The summed E-state index contributed by atoms with van der Waals surface area (Å²) >= 11 is 0. The van der Waals surface area contributed by atoms with E-state index in [1.165, 1.54) is 6.07 Å². The fourth-order valence-electron chi connectivity index (χ4n) is 2.59. The molecule has 3 rings (SSSR count). The first kappa shape index (κ1) is 19.4. The monoisotopic (exact) mass is 397 g/mol. The zero-order valence-corrected chi connectivity index (χ0v) is 15.4. The van der Waals surface area contributed by atoms with E-state index in [9.17, 15) is 19.3 Å². The van der Waals surface area contributed by atoms with Gasteiger partial charge >= 0.3 is 11.9 Å². The largest absolute Gasteiger partial charge is 0.478 e. The zero-order valence-electron chi connectivity index (χ0n) is 14.5. The molecule has 0 aliphatic heterocycles. The summed E-state index contributed by atoms with van der Waals surface area (Å²) in [6, 6.07) is 20.8. The van der Waals surface area contributed by atoms with Gasteiger partial charge in [0.2, 0.25) is 0 Å². The minimum Gasteiger partial charge on any atom is -0.478 e. The van der Waals surface area contributed by atoms with Crippen LogP contribution in [0.3, 0.4) is 0 Å². The van der Waals surface area contributed by atoms with Crippen molar-refractivity contribution in [3.8, 4) is 0 Å². The summed E-state index contributed by atoms with van der Waals surface area (Å²) in [7, 11) is -3.53. The number of carboxylic acid groups (broad SMARTS) is 2. The third-order valence-electron chi connectivity index (χ3n) is 3.96. The number of hydrogen-bond acceptors (Lipinski definition) is 5. The molecule has 8 heteroatoms. The van der Waals surface area contributed by atoms with Gasteiger partial charge in [0.05, 0.1) is 16.8 Å². The highest BCUT2D eigenvalue weighted by atomic mass is 31.2. The van der Waals surface area contributed by atoms with Crippen LogP contribution >= 0.6 is 7.37 Å². The van der Waals surface area contributed by atoms with Gasteiger partial charge in [0.25, 0.3) is 7.37 Å². The van der Waals surface area contributed by atoms with Crippen molar-refractivity contribution in [1.82, 2.24) is 0 Å². The first-order chi connectivity index (χ1) is 13.4. The van der Waals surface area contributed by atoms with Crippen molar-refractivity contribution in [2.75, 3.05) is 5.48 Å². The molecular weight excluding hydrogens is 381 g/mol. The first-order valence-corrected chi connectivity index (χ1v) is 9.81. The average molecular weight is 397 g/mol. The molecule has 0 unspecified atom stereocenters. The van der Waals surface area contributed by atoms with Crippen LogP contribution in [-0.4, -0.2) is 22.2 Å². The molecule has 0 atom stereocenters. The molecular formula is C20H16NO6P. The van der Waals surface area contributed by atoms with E-state index in [0.29, 0.717) is 10.6 Å². The SMILES string of the molecule is O=C(O)c1ccc(NOP(=O)(c2ccccc2)c2ccccc2)cc1C(=O)O. The van der Waals surface area contributed by atoms with E-state index in [1.54, 1.807) is 60.7 Å². The summed E-state index contributed by atoms with van der Waals surface area (Å²) in [4.78, 5) is 22.5. The molecule has 0 aromatic heterocycles. The fraction of sp³-hybridized carbons (Fsp3) is 0. The number of benzene rings is 3. The predicted octanol–water partition coefficient (Wildman–Crippen LogP) is 3.36. The molecule has 0 saturated heterocycles. The van der Waals surface area contributed by atoms with Crippen molar-refractivity contribution in [1.29, 1.82) is 0 Å². The van der Waals surface area contributed by atoms with Crippen LogP contribution in [0.5, 0.6) is 0 Å². The maximum Gasteiger partial charge on any atom is 0.336 e. The molecule has 0 saturated carbocycles. The molecule has 0 fully saturated rings. The van der Waals surface area contributed by atoms with Crippen molar-refractivity contribution in [2.24, 2.45) is 0 Å². The van der Waals surface area contributed by atoms with E-state index >= 15 is 0 Å². The molecule has 142 valence electrons. The summed E-state index contributed by atoms with van der Waals surface area (Å²) < 4.78 is 19.3. The van der Waals surface area contributed by atoms with Crippen LogP contribution < -0.4 is 16.1 Å². The third-order valence-corrected chi connectivity index (χ3v) is 6.27. The average Bonchev–Trinajstić information content (AvgIpc) is 2.73. The Balaban J connectivity index is 1.96. The van der Waals surface area contributed by atoms with Gasteiger partial charge in [-0.2, -0.15) is 0 Å². The Labute approximate surface area is 160 Å². The molecule has 0 aliphatic rings. The molecule has 0 spiro atoms. The Morgan fingerprint density at radius 1 is 0.750 bits per heavy atom. The van der Waals surface area contributed by atoms with Gasteiger partial charge in [-0.05, 0) is 42.5 Å². The van der Waals surface area contributed by atoms with E-state index in [2.05, 4.69) is 5.48 Å². The number of aromatic carboxylic acids is 2. The lowest BCUT2D eigenvalue weighted by molar-refractivity contribution is 0.0651. The second kappa shape index (κ2) is 8.08. The summed E-state index contributed by atoms with van der Waals surface area (Å²) in [5.41, 5.74) is 1.92. The van der Waals surface area contributed by atoms with E-state index in [1.807, 2.05) is 0 Å². The smallest absolute Gasteiger partial charge is 0.336 e. The number of carboxylic acids is 2. The topological polar surface area (TPSA) is 113 Å². The highest BCUT2D eigenvalue weighted by Crippen LogP contribution is 2.44. The van der Waals surface area contributed by atoms with Gasteiger partial charge in [-0.15, -0.1) is 0 Å². The molecule has 7 nitrogen and oxygen atoms in total. The molecule has 3 aromatic carbocycles. The Bertz CT molecular complexity index is 1010. The van der Waals surface area contributed by atoms with Crippen LogP contribution in [0.2, 0.25) is 0 Å². The lowest BCUT2D eigenvalue weighted by Gasteiger charge is -2.20. The van der Waals surface area contributed by atoms with Crippen LogP contribution in [0.25, 0.3) is 0 Å². The van der Waals surface area contributed by atoms with Crippen LogP contribution in [0.4, 0.5) is 5.69 Å². The van der Waals surface area contributed by atoms with E-state index < -0.39 is 24.9 Å². The Morgan fingerprint density at radius 2 is 1.25 bits per heavy atom. The van der Waals surface area contributed by atoms with Crippen LogP contribution in [0.15, 0.2) is 78.9 Å². The van der Waals surface area contributed by atoms with Crippen LogP contribution in [0.1, 0.15) is 20.7 Å². The lowest BCUT2D eigenvalue weighted by atomic mass is 10.1. The van der Waals surface area contributed by atoms with Crippen LogP contribution in [-0.2, 0) is 9.19 Å². The van der Waals surface area contributed by atoms with Gasteiger partial charge in [-0.25, -0.2) is 14.2 Å². The minimum absolute atomic E-state index is 0.162. The van der Waals surface area contributed by atoms with E-state index in [4.69, 9.17) is 9.73 Å². The predicted molar refractivity (Wildman–Crippen MR) is 105 cm³/mol. The summed E-state index contributed by atoms with van der Waals surface area (Å²) in [6.45, 7) is 0. The molecule has 0 aliphatic carbocycles. The Kier molecular flexibility index (Phi) is 5.59. The van der Waals surface area contributed by atoms with E-state index in [0.717, 1.165) is 12.1 Å². The molecule has 0 bridgehead atoms. The van der Waals surface area contributed by atoms with Crippen LogP contribution in [0, 0.1) is 0 Å². The standard InChI is InChI=1S/C20H16NO6P/c22-19(23)17-12-11-14(13-18(17)20(24)25)21-27-28(26,15-7-3-1-4-8-15)16-9-5-2-6-10-16/h1-13,21H,(H,22,23)(H,24,25). The third kappa shape index (κ3) is 3.96. The van der Waals surface area contributed by atoms with Gasteiger partial charge in [0.15, 0.2) is 0 Å². The summed E-state index contributed by atoms with van der Waals surface area (Å²) in [5.74, 6) is -2.75. The van der Waals surface area contributed by atoms with E-state index in [-0.39, 0.29) is 11.3 Å². The first-order valence-electron chi connectivity index (χ1n) is 8.18. The highest BCUT2D eigenvalue weighted by Gasteiger charge is 2.29. The molecule has 0 amide bonds. The quantitative estimate of drug-likeness (QED) is 0.414. The number of carbonyl (C=O) groups is 2. The van der Waals surface area contributed by atoms with Crippen molar-refractivity contribution in [2.45, 2.75) is 0 Å². The van der Waals surface area contributed by atoms with Gasteiger partial charge < -0.3 is 10.2 Å². The number of anilines is 1. The van der Waals surface area contributed by atoms with Gasteiger partial charge in [-0.1, -0.05) is 36.4 Å². The highest BCUT2D eigenvalue weighted by molar-refractivity contribution is 7.74. The van der Waals surface area contributed by atoms with Gasteiger partial charge in [0.1, 0.15) is 0 Å². The maximum atomic E-state index is 13.7.